The molecule has 0 spiro atoms. The van der Waals surface area contributed by atoms with Crippen molar-refractivity contribution in [1.82, 2.24) is 19.7 Å². The van der Waals surface area contributed by atoms with Gasteiger partial charge >= 0.3 is 0 Å². The summed E-state index contributed by atoms with van der Waals surface area (Å²) < 4.78 is 2.12. The third-order valence-corrected chi connectivity index (χ3v) is 2.49. The second-order valence-electron chi connectivity index (χ2n) is 3.78. The van der Waals surface area contributed by atoms with Gasteiger partial charge in [0, 0.05) is 30.0 Å². The second-order valence-corrected chi connectivity index (χ2v) is 3.78. The van der Waals surface area contributed by atoms with E-state index in [-0.39, 0.29) is 0 Å². The molecule has 0 radical (unpaired) electrons. The molecule has 0 aromatic carbocycles. The molecule has 0 saturated carbocycles. The Morgan fingerprint density at radius 2 is 2.20 bits per heavy atom. The molecule has 2 aromatic rings. The van der Waals surface area contributed by atoms with Crippen LogP contribution < -0.4 is 5.32 Å². The Labute approximate surface area is 89.4 Å². The molecule has 0 fully saturated rings. The lowest BCUT2D eigenvalue weighted by molar-refractivity contribution is 0.765. The number of hydrogen-bond donors (Lipinski definition) is 1. The summed E-state index contributed by atoms with van der Waals surface area (Å²) in [5, 5.41) is 3.14. The van der Waals surface area contributed by atoms with Crippen LogP contribution in [0.4, 0.5) is 0 Å². The van der Waals surface area contributed by atoms with E-state index in [0.29, 0.717) is 0 Å². The van der Waals surface area contributed by atoms with E-state index < -0.39 is 0 Å². The van der Waals surface area contributed by atoms with E-state index in [0.717, 1.165) is 24.4 Å². The predicted octanol–water partition coefficient (Wildman–Crippen LogP) is 1.11. The molecule has 2 aromatic heterocycles. The first-order chi connectivity index (χ1) is 7.22. The van der Waals surface area contributed by atoms with Gasteiger partial charge in [0.05, 0.1) is 6.20 Å². The number of likely N-dealkylation sites (N-methyl/N-ethyl adjacent to an activating group) is 1. The number of nitrogens with zero attached hydrogens (tertiary/aromatic N) is 3. The van der Waals surface area contributed by atoms with Crippen molar-refractivity contribution in [2.75, 3.05) is 13.6 Å². The van der Waals surface area contributed by atoms with Crippen LogP contribution in [0.25, 0.3) is 5.78 Å². The molecular formula is C11H16N4. The van der Waals surface area contributed by atoms with Crippen LogP contribution in [0.1, 0.15) is 17.1 Å². The zero-order valence-corrected chi connectivity index (χ0v) is 9.41. The molecule has 15 heavy (non-hydrogen) atoms. The Morgan fingerprint density at radius 3 is 2.93 bits per heavy atom. The molecule has 0 atom stereocenters. The molecule has 0 unspecified atom stereocenters. The Kier molecular flexibility index (Phi) is 2.68. The Morgan fingerprint density at radius 1 is 1.40 bits per heavy atom. The molecule has 0 aliphatic rings. The monoisotopic (exact) mass is 204 g/mol. The van der Waals surface area contributed by atoms with E-state index in [4.69, 9.17) is 0 Å². The predicted molar refractivity (Wildman–Crippen MR) is 60.1 cm³/mol. The zero-order chi connectivity index (χ0) is 10.8. The van der Waals surface area contributed by atoms with Crippen LogP contribution in [-0.4, -0.2) is 28.0 Å². The third kappa shape index (κ3) is 1.85. The minimum atomic E-state index is 0.804. The van der Waals surface area contributed by atoms with Gasteiger partial charge < -0.3 is 5.32 Å². The Bertz CT molecular complexity index is 473. The maximum atomic E-state index is 4.40. The molecular weight excluding hydrogens is 188 g/mol. The maximum Gasteiger partial charge on any atom is 0.234 e. The van der Waals surface area contributed by atoms with E-state index in [1.54, 1.807) is 0 Å². The van der Waals surface area contributed by atoms with E-state index in [9.17, 15) is 0 Å². The highest BCUT2D eigenvalue weighted by Gasteiger charge is 2.06. The number of imidazole rings is 1. The van der Waals surface area contributed by atoms with Gasteiger partial charge in [0.1, 0.15) is 0 Å². The van der Waals surface area contributed by atoms with Gasteiger partial charge in [0.2, 0.25) is 5.78 Å². The molecule has 0 amide bonds. The van der Waals surface area contributed by atoms with E-state index >= 15 is 0 Å². The summed E-state index contributed by atoms with van der Waals surface area (Å²) in [7, 11) is 1.96. The fourth-order valence-electron chi connectivity index (χ4n) is 1.83. The Balaban J connectivity index is 2.49. The van der Waals surface area contributed by atoms with Crippen molar-refractivity contribution >= 4 is 5.78 Å². The van der Waals surface area contributed by atoms with Crippen LogP contribution in [-0.2, 0) is 6.42 Å². The van der Waals surface area contributed by atoms with Gasteiger partial charge in [0.15, 0.2) is 0 Å². The summed E-state index contributed by atoms with van der Waals surface area (Å²) in [4.78, 5) is 8.71. The van der Waals surface area contributed by atoms with Crippen LogP contribution in [0.5, 0.6) is 0 Å². The minimum absolute atomic E-state index is 0.804. The average molecular weight is 204 g/mol. The average Bonchev–Trinajstić information content (AvgIpc) is 2.58. The molecule has 1 N–H and O–H groups in total. The molecule has 4 heteroatoms. The molecule has 0 bridgehead atoms. The van der Waals surface area contributed by atoms with Crippen LogP contribution in [0.3, 0.4) is 0 Å². The summed E-state index contributed by atoms with van der Waals surface area (Å²) >= 11 is 0. The molecule has 2 heterocycles. The van der Waals surface area contributed by atoms with E-state index in [2.05, 4.69) is 32.7 Å². The zero-order valence-electron chi connectivity index (χ0n) is 9.41. The van der Waals surface area contributed by atoms with Gasteiger partial charge in [-0.1, -0.05) is 0 Å². The summed E-state index contributed by atoms with van der Waals surface area (Å²) in [6.45, 7) is 5.04. The van der Waals surface area contributed by atoms with Gasteiger partial charge in [-0.25, -0.2) is 9.97 Å². The first kappa shape index (κ1) is 10.1. The van der Waals surface area contributed by atoms with Crippen molar-refractivity contribution in [2.45, 2.75) is 20.3 Å². The molecule has 0 aliphatic heterocycles. The highest BCUT2D eigenvalue weighted by Crippen LogP contribution is 2.10. The number of nitrogens with one attached hydrogen (secondary N) is 1. The number of aromatic nitrogens is 3. The van der Waals surface area contributed by atoms with Crippen molar-refractivity contribution < 1.29 is 0 Å². The van der Waals surface area contributed by atoms with Gasteiger partial charge in [-0.05, 0) is 27.0 Å². The first-order valence-corrected chi connectivity index (χ1v) is 5.17. The quantitative estimate of drug-likeness (QED) is 0.814. The summed E-state index contributed by atoms with van der Waals surface area (Å²) in [5.74, 6) is 0.804. The lowest BCUT2D eigenvalue weighted by Gasteiger charge is -2.05. The van der Waals surface area contributed by atoms with Crippen molar-refractivity contribution in [3.05, 3.63) is 29.3 Å². The van der Waals surface area contributed by atoms with Crippen molar-refractivity contribution in [1.29, 1.82) is 0 Å². The van der Waals surface area contributed by atoms with Crippen molar-refractivity contribution in [2.24, 2.45) is 0 Å². The van der Waals surface area contributed by atoms with Crippen molar-refractivity contribution in [3.8, 4) is 0 Å². The molecule has 0 saturated heterocycles. The lowest BCUT2D eigenvalue weighted by Crippen LogP contribution is -2.12. The Hall–Kier alpha value is -1.42. The highest BCUT2D eigenvalue weighted by atomic mass is 15.1. The van der Waals surface area contributed by atoms with Crippen molar-refractivity contribution in [3.63, 3.8) is 0 Å². The van der Waals surface area contributed by atoms with Gasteiger partial charge in [-0.3, -0.25) is 4.40 Å². The standard InChI is InChI=1S/C11H16N4/c1-8-6-9(2)15-10(4-5-12-3)7-13-11(15)14-8/h6-7,12H,4-5H2,1-3H3. The van der Waals surface area contributed by atoms with Gasteiger partial charge in [0.25, 0.3) is 0 Å². The van der Waals surface area contributed by atoms with Crippen LogP contribution in [0, 0.1) is 13.8 Å². The summed E-state index contributed by atoms with van der Waals surface area (Å²) in [5.41, 5.74) is 3.43. The van der Waals surface area contributed by atoms with Gasteiger partial charge in [-0.15, -0.1) is 0 Å². The molecule has 2 rings (SSSR count). The highest BCUT2D eigenvalue weighted by molar-refractivity contribution is 5.35. The van der Waals surface area contributed by atoms with Crippen LogP contribution in [0.2, 0.25) is 0 Å². The van der Waals surface area contributed by atoms with E-state index in [1.807, 2.05) is 20.2 Å². The SMILES string of the molecule is CNCCc1cnc2nc(C)cc(C)n12. The first-order valence-electron chi connectivity index (χ1n) is 5.17. The van der Waals surface area contributed by atoms with Crippen LogP contribution >= 0.6 is 0 Å². The number of aryl methyl sites for hydroxylation is 2. The topological polar surface area (TPSA) is 42.2 Å². The molecule has 0 aliphatic carbocycles. The fraction of sp³-hybridized carbons (Fsp3) is 0.455. The number of rotatable bonds is 3. The third-order valence-electron chi connectivity index (χ3n) is 2.49. The number of hydrogen-bond acceptors (Lipinski definition) is 3. The number of fused-ring (bicyclic) bond motifs is 1. The maximum absolute atomic E-state index is 4.40. The summed E-state index contributed by atoms with van der Waals surface area (Å²) in [6, 6.07) is 2.08. The molecule has 4 nitrogen and oxygen atoms in total. The summed E-state index contributed by atoms with van der Waals surface area (Å²) in [6.07, 6.45) is 2.88. The normalized spacial score (nSPS) is 11.1. The molecule has 80 valence electrons. The second kappa shape index (κ2) is 3.98. The minimum Gasteiger partial charge on any atom is -0.319 e. The van der Waals surface area contributed by atoms with Crippen LogP contribution in [0.15, 0.2) is 12.3 Å². The fourth-order valence-corrected chi connectivity index (χ4v) is 1.83. The van der Waals surface area contributed by atoms with E-state index in [1.165, 1.54) is 11.4 Å². The lowest BCUT2D eigenvalue weighted by atomic mass is 10.3. The smallest absolute Gasteiger partial charge is 0.234 e. The largest absolute Gasteiger partial charge is 0.319 e. The van der Waals surface area contributed by atoms with Gasteiger partial charge in [-0.2, -0.15) is 0 Å².